The van der Waals surface area contributed by atoms with Gasteiger partial charge in [-0.15, -0.1) is 0 Å². The van der Waals surface area contributed by atoms with Crippen molar-refractivity contribution in [1.29, 1.82) is 0 Å². The first-order valence-electron chi connectivity index (χ1n) is 6.97. The van der Waals surface area contributed by atoms with E-state index in [2.05, 4.69) is 0 Å². The van der Waals surface area contributed by atoms with Crippen molar-refractivity contribution in [2.45, 2.75) is 27.2 Å². The second kappa shape index (κ2) is 8.11. The van der Waals surface area contributed by atoms with E-state index in [-0.39, 0.29) is 25.3 Å². The number of esters is 2. The molecule has 1 rings (SSSR count). The van der Waals surface area contributed by atoms with E-state index >= 15 is 0 Å². The monoisotopic (exact) mass is 309 g/mol. The van der Waals surface area contributed by atoms with Gasteiger partial charge in [-0.05, 0) is 26.3 Å². The van der Waals surface area contributed by atoms with E-state index in [0.717, 1.165) is 5.56 Å². The topological polar surface area (TPSA) is 95.7 Å². The molecule has 0 aromatic heterocycles. The summed E-state index contributed by atoms with van der Waals surface area (Å²) in [6.45, 7) is 5.20. The molecule has 0 aliphatic carbocycles. The van der Waals surface area contributed by atoms with Crippen LogP contribution in [0.5, 0.6) is 0 Å². The van der Waals surface area contributed by atoms with Crippen LogP contribution in [0, 0.1) is 23.0 Å². The van der Waals surface area contributed by atoms with Gasteiger partial charge in [0.1, 0.15) is 0 Å². The van der Waals surface area contributed by atoms with Gasteiger partial charge in [0, 0.05) is 18.1 Å². The number of hydrogen-bond donors (Lipinski definition) is 0. The van der Waals surface area contributed by atoms with Crippen LogP contribution >= 0.6 is 0 Å². The summed E-state index contributed by atoms with van der Waals surface area (Å²) >= 11 is 0. The summed E-state index contributed by atoms with van der Waals surface area (Å²) in [7, 11) is 0. The van der Waals surface area contributed by atoms with Crippen LogP contribution in [-0.4, -0.2) is 30.1 Å². The fourth-order valence-electron chi connectivity index (χ4n) is 1.98. The number of ether oxygens (including phenoxy) is 2. The number of hydrogen-bond acceptors (Lipinski definition) is 6. The van der Waals surface area contributed by atoms with E-state index in [1.807, 2.05) is 0 Å². The zero-order chi connectivity index (χ0) is 16.7. The molecule has 0 spiro atoms. The lowest BCUT2D eigenvalue weighted by atomic mass is 9.97. The van der Waals surface area contributed by atoms with Crippen LogP contribution in [0.2, 0.25) is 0 Å². The van der Waals surface area contributed by atoms with Crippen molar-refractivity contribution in [3.05, 3.63) is 39.4 Å². The first-order chi connectivity index (χ1) is 10.4. The number of aryl methyl sites for hydroxylation is 1. The SMILES string of the molecule is CCOC(=O)C(Cc1ccc(C)cc1[N+](=O)[O-])C(=O)OCC. The zero-order valence-corrected chi connectivity index (χ0v) is 12.8. The summed E-state index contributed by atoms with van der Waals surface area (Å²) in [4.78, 5) is 34.4. The predicted octanol–water partition coefficient (Wildman–Crippen LogP) is 2.19. The number of rotatable bonds is 7. The van der Waals surface area contributed by atoms with E-state index in [0.29, 0.717) is 5.56 Å². The number of nitrogens with zero attached hydrogens (tertiary/aromatic N) is 1. The fourth-order valence-corrected chi connectivity index (χ4v) is 1.98. The normalized spacial score (nSPS) is 10.4. The lowest BCUT2D eigenvalue weighted by Crippen LogP contribution is -2.30. The van der Waals surface area contributed by atoms with Gasteiger partial charge in [0.05, 0.1) is 18.1 Å². The van der Waals surface area contributed by atoms with Crippen LogP contribution in [0.25, 0.3) is 0 Å². The third-order valence-corrected chi connectivity index (χ3v) is 3.00. The molecule has 0 saturated carbocycles. The van der Waals surface area contributed by atoms with E-state index in [4.69, 9.17) is 9.47 Å². The standard InChI is InChI=1S/C15H19NO6/c1-4-21-14(17)12(15(18)22-5-2)9-11-7-6-10(3)8-13(11)16(19)20/h6-8,12H,4-5,9H2,1-3H3. The summed E-state index contributed by atoms with van der Waals surface area (Å²) in [6, 6.07) is 4.64. The molecule has 0 amide bonds. The third kappa shape index (κ3) is 4.54. The molecule has 120 valence electrons. The Morgan fingerprint density at radius 2 is 1.73 bits per heavy atom. The number of nitro groups is 1. The summed E-state index contributed by atoms with van der Waals surface area (Å²) in [6.07, 6.45) is -0.131. The Morgan fingerprint density at radius 1 is 1.18 bits per heavy atom. The van der Waals surface area contributed by atoms with E-state index in [1.165, 1.54) is 6.07 Å². The van der Waals surface area contributed by atoms with E-state index < -0.39 is 22.8 Å². The average molecular weight is 309 g/mol. The number of carbonyl (C=O) groups is 2. The summed E-state index contributed by atoms with van der Waals surface area (Å²) in [5, 5.41) is 11.1. The largest absolute Gasteiger partial charge is 0.465 e. The second-order valence-electron chi connectivity index (χ2n) is 4.65. The van der Waals surface area contributed by atoms with Crippen LogP contribution in [0.1, 0.15) is 25.0 Å². The molecular formula is C15H19NO6. The van der Waals surface area contributed by atoms with Crippen molar-refractivity contribution < 1.29 is 24.0 Å². The molecule has 0 fully saturated rings. The second-order valence-corrected chi connectivity index (χ2v) is 4.65. The first kappa shape index (κ1) is 17.6. The minimum Gasteiger partial charge on any atom is -0.465 e. The van der Waals surface area contributed by atoms with Crippen LogP contribution in [0.3, 0.4) is 0 Å². The highest BCUT2D eigenvalue weighted by molar-refractivity contribution is 5.95. The zero-order valence-electron chi connectivity index (χ0n) is 12.8. The molecule has 22 heavy (non-hydrogen) atoms. The Labute approximate surface area is 128 Å². The van der Waals surface area contributed by atoms with E-state index in [9.17, 15) is 19.7 Å². The summed E-state index contributed by atoms with van der Waals surface area (Å²) in [5.41, 5.74) is 0.888. The van der Waals surface area contributed by atoms with Crippen molar-refractivity contribution in [2.24, 2.45) is 5.92 Å². The molecule has 0 atom stereocenters. The van der Waals surface area contributed by atoms with Crippen LogP contribution < -0.4 is 0 Å². The third-order valence-electron chi connectivity index (χ3n) is 3.00. The molecule has 0 bridgehead atoms. The Bertz CT molecular complexity index is 551. The maximum atomic E-state index is 11.9. The van der Waals surface area contributed by atoms with Crippen LogP contribution in [0.4, 0.5) is 5.69 Å². The molecule has 1 aromatic carbocycles. The maximum Gasteiger partial charge on any atom is 0.320 e. The minimum atomic E-state index is -1.21. The molecule has 0 aliphatic heterocycles. The highest BCUT2D eigenvalue weighted by Crippen LogP contribution is 2.24. The number of benzene rings is 1. The summed E-state index contributed by atoms with van der Waals surface area (Å²) < 4.78 is 9.72. The first-order valence-corrected chi connectivity index (χ1v) is 6.97. The quantitative estimate of drug-likeness (QED) is 0.331. The molecular weight excluding hydrogens is 290 g/mol. The molecule has 0 radical (unpaired) electrons. The van der Waals surface area contributed by atoms with Crippen molar-refractivity contribution in [1.82, 2.24) is 0 Å². The van der Waals surface area contributed by atoms with Gasteiger partial charge in [-0.2, -0.15) is 0 Å². The summed E-state index contributed by atoms with van der Waals surface area (Å²) in [5.74, 6) is -2.69. The molecule has 0 saturated heterocycles. The molecule has 0 unspecified atom stereocenters. The average Bonchev–Trinajstić information content (AvgIpc) is 2.46. The Hall–Kier alpha value is -2.44. The lowest BCUT2D eigenvalue weighted by Gasteiger charge is -2.14. The number of nitro benzene ring substituents is 1. The molecule has 0 heterocycles. The van der Waals surface area contributed by atoms with Crippen molar-refractivity contribution in [3.63, 3.8) is 0 Å². The lowest BCUT2D eigenvalue weighted by molar-refractivity contribution is -0.385. The molecule has 0 aliphatic rings. The molecule has 7 heteroatoms. The van der Waals surface area contributed by atoms with Crippen LogP contribution in [0.15, 0.2) is 18.2 Å². The van der Waals surface area contributed by atoms with Gasteiger partial charge in [-0.1, -0.05) is 12.1 Å². The van der Waals surface area contributed by atoms with Crippen molar-refractivity contribution in [2.75, 3.05) is 13.2 Å². The van der Waals surface area contributed by atoms with E-state index in [1.54, 1.807) is 32.9 Å². The molecule has 1 aromatic rings. The van der Waals surface area contributed by atoms with Crippen LogP contribution in [-0.2, 0) is 25.5 Å². The van der Waals surface area contributed by atoms with Gasteiger partial charge >= 0.3 is 11.9 Å². The highest BCUT2D eigenvalue weighted by atomic mass is 16.6. The highest BCUT2D eigenvalue weighted by Gasteiger charge is 2.32. The molecule has 0 N–H and O–H groups in total. The van der Waals surface area contributed by atoms with Gasteiger partial charge in [0.2, 0.25) is 0 Å². The van der Waals surface area contributed by atoms with Crippen molar-refractivity contribution >= 4 is 17.6 Å². The smallest absolute Gasteiger partial charge is 0.320 e. The predicted molar refractivity (Wildman–Crippen MR) is 78.3 cm³/mol. The Balaban J connectivity index is 3.11. The Morgan fingerprint density at radius 3 is 2.18 bits per heavy atom. The van der Waals surface area contributed by atoms with Gasteiger partial charge in [-0.3, -0.25) is 19.7 Å². The van der Waals surface area contributed by atoms with Gasteiger partial charge < -0.3 is 9.47 Å². The number of carbonyl (C=O) groups excluding carboxylic acids is 2. The fraction of sp³-hybridized carbons (Fsp3) is 0.467. The van der Waals surface area contributed by atoms with Crippen molar-refractivity contribution in [3.8, 4) is 0 Å². The molecule has 7 nitrogen and oxygen atoms in total. The van der Waals surface area contributed by atoms with Gasteiger partial charge in [-0.25, -0.2) is 0 Å². The van der Waals surface area contributed by atoms with Gasteiger partial charge in [0.15, 0.2) is 5.92 Å². The van der Waals surface area contributed by atoms with Gasteiger partial charge in [0.25, 0.3) is 5.69 Å². The minimum absolute atomic E-state index is 0.116. The Kier molecular flexibility index (Phi) is 6.49. The maximum absolute atomic E-state index is 11.9.